The lowest BCUT2D eigenvalue weighted by molar-refractivity contribution is 0.0949. The number of pyridine rings is 1. The molecule has 1 heterocycles. The van der Waals surface area contributed by atoms with Crippen molar-refractivity contribution >= 4 is 11.7 Å². The predicted octanol–water partition coefficient (Wildman–Crippen LogP) is 1.07. The molecule has 0 radical (unpaired) electrons. The third-order valence-corrected chi connectivity index (χ3v) is 3.08. The van der Waals surface area contributed by atoms with Gasteiger partial charge in [0.2, 0.25) is 0 Å². The fourth-order valence-electron chi connectivity index (χ4n) is 1.75. The number of carbonyl (C=O) groups is 1. The van der Waals surface area contributed by atoms with Gasteiger partial charge in [-0.05, 0) is 30.9 Å². The van der Waals surface area contributed by atoms with Crippen molar-refractivity contribution in [1.82, 2.24) is 10.3 Å². The molecule has 0 aliphatic heterocycles. The van der Waals surface area contributed by atoms with Crippen molar-refractivity contribution in [1.29, 1.82) is 0 Å². The van der Waals surface area contributed by atoms with E-state index in [0.717, 1.165) is 18.5 Å². The van der Waals surface area contributed by atoms with E-state index in [9.17, 15) is 4.79 Å². The van der Waals surface area contributed by atoms with E-state index < -0.39 is 0 Å². The number of nitrogen functional groups attached to an aromatic ring is 1. The monoisotopic (exact) mass is 234 g/mol. The summed E-state index contributed by atoms with van der Waals surface area (Å²) in [5, 5.41) is 2.99. The fourth-order valence-corrected chi connectivity index (χ4v) is 1.75. The first-order valence-electron chi connectivity index (χ1n) is 5.92. The maximum Gasteiger partial charge on any atom is 0.251 e. The zero-order valence-electron chi connectivity index (χ0n) is 10.2. The molecule has 1 aliphatic carbocycles. The number of aromatic nitrogens is 1. The van der Waals surface area contributed by atoms with Crippen molar-refractivity contribution in [3.8, 4) is 0 Å². The zero-order chi connectivity index (χ0) is 12.4. The van der Waals surface area contributed by atoms with E-state index in [1.54, 1.807) is 6.07 Å². The summed E-state index contributed by atoms with van der Waals surface area (Å²) < 4.78 is 0. The second kappa shape index (κ2) is 4.71. The van der Waals surface area contributed by atoms with Crippen LogP contribution in [0.5, 0.6) is 0 Å². The van der Waals surface area contributed by atoms with Gasteiger partial charge < -0.3 is 10.7 Å². The first-order chi connectivity index (χ1) is 8.13. The summed E-state index contributed by atoms with van der Waals surface area (Å²) >= 11 is 0. The van der Waals surface area contributed by atoms with Crippen molar-refractivity contribution in [2.75, 3.05) is 5.43 Å². The molecule has 1 fully saturated rings. The summed E-state index contributed by atoms with van der Waals surface area (Å²) in [7, 11) is 0. The van der Waals surface area contributed by atoms with Crippen LogP contribution in [0.15, 0.2) is 12.1 Å². The Balaban J connectivity index is 2.15. The van der Waals surface area contributed by atoms with Gasteiger partial charge in [-0.2, -0.15) is 0 Å². The van der Waals surface area contributed by atoms with Gasteiger partial charge in [-0.3, -0.25) is 4.79 Å². The lowest BCUT2D eigenvalue weighted by Gasteiger charge is -2.08. The predicted molar refractivity (Wildman–Crippen MR) is 66.5 cm³/mol. The van der Waals surface area contributed by atoms with Crippen molar-refractivity contribution < 1.29 is 4.79 Å². The van der Waals surface area contributed by atoms with Crippen LogP contribution in [0.2, 0.25) is 0 Å². The molecule has 2 atom stereocenters. The summed E-state index contributed by atoms with van der Waals surface area (Å²) in [6.07, 6.45) is 1.84. The van der Waals surface area contributed by atoms with E-state index in [0.29, 0.717) is 23.3 Å². The van der Waals surface area contributed by atoms with E-state index in [-0.39, 0.29) is 5.91 Å². The smallest absolute Gasteiger partial charge is 0.251 e. The standard InChI is InChI=1S/C12H18N4O/c1-3-9-5-8(6-11(14-9)16-13)12(17)15-10-4-7(10)2/h5-7,10H,3-4,13H2,1-2H3,(H,14,16)(H,15,17). The van der Waals surface area contributed by atoms with Crippen molar-refractivity contribution in [3.63, 3.8) is 0 Å². The van der Waals surface area contributed by atoms with E-state index >= 15 is 0 Å². The molecular weight excluding hydrogens is 216 g/mol. The molecular formula is C12H18N4O. The molecule has 5 nitrogen and oxygen atoms in total. The third-order valence-electron chi connectivity index (χ3n) is 3.08. The normalized spacial score (nSPS) is 22.1. The van der Waals surface area contributed by atoms with Crippen LogP contribution in [0.3, 0.4) is 0 Å². The summed E-state index contributed by atoms with van der Waals surface area (Å²) in [5.74, 6) is 6.41. The van der Waals surface area contributed by atoms with Crippen LogP contribution in [0.25, 0.3) is 0 Å². The first kappa shape index (κ1) is 11.9. The number of rotatable bonds is 4. The lowest BCUT2D eigenvalue weighted by atomic mass is 10.2. The van der Waals surface area contributed by atoms with Crippen LogP contribution >= 0.6 is 0 Å². The maximum atomic E-state index is 12.0. The van der Waals surface area contributed by atoms with Gasteiger partial charge in [-0.1, -0.05) is 13.8 Å². The Morgan fingerprint density at radius 3 is 2.82 bits per heavy atom. The third kappa shape index (κ3) is 2.74. The summed E-state index contributed by atoms with van der Waals surface area (Å²) in [5.41, 5.74) is 3.95. The molecule has 0 spiro atoms. The molecule has 0 saturated heterocycles. The molecule has 1 aliphatic rings. The quantitative estimate of drug-likeness (QED) is 0.537. The average molecular weight is 234 g/mol. The second-order valence-electron chi connectivity index (χ2n) is 4.52. The molecule has 1 amide bonds. The Bertz CT molecular complexity index is 410. The van der Waals surface area contributed by atoms with Gasteiger partial charge in [0.15, 0.2) is 0 Å². The molecule has 0 aromatic carbocycles. The van der Waals surface area contributed by atoms with Gasteiger partial charge in [0.1, 0.15) is 5.82 Å². The number of amides is 1. The fraction of sp³-hybridized carbons (Fsp3) is 0.500. The minimum absolute atomic E-state index is 0.0482. The highest BCUT2D eigenvalue weighted by Crippen LogP contribution is 2.29. The Morgan fingerprint density at radius 2 is 2.29 bits per heavy atom. The van der Waals surface area contributed by atoms with Crippen molar-refractivity contribution in [2.24, 2.45) is 11.8 Å². The average Bonchev–Trinajstić information content (AvgIpc) is 3.04. The molecule has 4 N–H and O–H groups in total. The molecule has 2 rings (SSSR count). The largest absolute Gasteiger partial charge is 0.349 e. The van der Waals surface area contributed by atoms with E-state index in [2.05, 4.69) is 22.7 Å². The highest BCUT2D eigenvalue weighted by molar-refractivity contribution is 5.95. The number of anilines is 1. The molecule has 2 unspecified atom stereocenters. The highest BCUT2D eigenvalue weighted by atomic mass is 16.1. The van der Waals surface area contributed by atoms with E-state index in [1.807, 2.05) is 13.0 Å². The molecule has 92 valence electrons. The number of aryl methyl sites for hydroxylation is 1. The topological polar surface area (TPSA) is 80.0 Å². The van der Waals surface area contributed by atoms with Crippen molar-refractivity contribution in [3.05, 3.63) is 23.4 Å². The van der Waals surface area contributed by atoms with Gasteiger partial charge in [-0.25, -0.2) is 10.8 Å². The first-order valence-corrected chi connectivity index (χ1v) is 5.92. The number of nitrogens with one attached hydrogen (secondary N) is 2. The van der Waals surface area contributed by atoms with Crippen LogP contribution in [-0.2, 0) is 6.42 Å². The number of hydrogen-bond donors (Lipinski definition) is 3. The van der Waals surface area contributed by atoms with Gasteiger partial charge in [0, 0.05) is 17.3 Å². The minimum Gasteiger partial charge on any atom is -0.349 e. The molecule has 5 heteroatoms. The summed E-state index contributed by atoms with van der Waals surface area (Å²) in [4.78, 5) is 16.2. The van der Waals surface area contributed by atoms with Gasteiger partial charge in [-0.15, -0.1) is 0 Å². The molecule has 1 saturated carbocycles. The summed E-state index contributed by atoms with van der Waals surface area (Å²) in [6.45, 7) is 4.12. The Kier molecular flexibility index (Phi) is 3.28. The lowest BCUT2D eigenvalue weighted by Crippen LogP contribution is -2.27. The van der Waals surface area contributed by atoms with Gasteiger partial charge >= 0.3 is 0 Å². The molecule has 0 bridgehead atoms. The summed E-state index contributed by atoms with van der Waals surface area (Å²) in [6, 6.07) is 3.81. The van der Waals surface area contributed by atoms with Crippen LogP contribution in [0, 0.1) is 5.92 Å². The van der Waals surface area contributed by atoms with E-state index in [4.69, 9.17) is 5.84 Å². The Labute approximate surface area is 101 Å². The SMILES string of the molecule is CCc1cc(C(=O)NC2CC2C)cc(NN)n1. The second-order valence-corrected chi connectivity index (χ2v) is 4.52. The van der Waals surface area contributed by atoms with Crippen LogP contribution in [-0.4, -0.2) is 16.9 Å². The minimum atomic E-state index is -0.0482. The zero-order valence-corrected chi connectivity index (χ0v) is 10.2. The van der Waals surface area contributed by atoms with Crippen LogP contribution < -0.4 is 16.6 Å². The Hall–Kier alpha value is -1.62. The highest BCUT2D eigenvalue weighted by Gasteiger charge is 2.34. The molecule has 17 heavy (non-hydrogen) atoms. The van der Waals surface area contributed by atoms with Gasteiger partial charge in [0.05, 0.1) is 0 Å². The van der Waals surface area contributed by atoms with Crippen LogP contribution in [0.4, 0.5) is 5.82 Å². The van der Waals surface area contributed by atoms with Crippen molar-refractivity contribution in [2.45, 2.75) is 32.7 Å². The van der Waals surface area contributed by atoms with Gasteiger partial charge in [0.25, 0.3) is 5.91 Å². The van der Waals surface area contributed by atoms with E-state index in [1.165, 1.54) is 0 Å². The molecule has 1 aromatic rings. The number of hydrogen-bond acceptors (Lipinski definition) is 4. The van der Waals surface area contributed by atoms with Crippen LogP contribution in [0.1, 0.15) is 36.3 Å². The number of hydrazine groups is 1. The number of nitrogens with zero attached hydrogens (tertiary/aromatic N) is 1. The Morgan fingerprint density at radius 1 is 1.59 bits per heavy atom. The maximum absolute atomic E-state index is 12.0. The molecule has 1 aromatic heterocycles. The number of carbonyl (C=O) groups excluding carboxylic acids is 1. The number of nitrogens with two attached hydrogens (primary N) is 1.